The summed E-state index contributed by atoms with van der Waals surface area (Å²) in [6.07, 6.45) is 0. The van der Waals surface area contributed by atoms with Crippen molar-refractivity contribution >= 4 is 22.7 Å². The van der Waals surface area contributed by atoms with Gasteiger partial charge in [-0.25, -0.2) is 4.79 Å². The summed E-state index contributed by atoms with van der Waals surface area (Å²) >= 11 is 1.45. The number of tetrazole rings is 1. The molecule has 0 N–H and O–H groups in total. The molecule has 0 aliphatic heterocycles. The lowest BCUT2D eigenvalue weighted by molar-refractivity contribution is 0.410. The molecule has 0 fully saturated rings. The van der Waals surface area contributed by atoms with Gasteiger partial charge in [0.1, 0.15) is 17.0 Å². The summed E-state index contributed by atoms with van der Waals surface area (Å²) in [5, 5.41) is 13.6. The van der Waals surface area contributed by atoms with Gasteiger partial charge in [0, 0.05) is 17.2 Å². The minimum Gasteiger partial charge on any atom is -0.494 e. The van der Waals surface area contributed by atoms with Crippen LogP contribution >= 0.6 is 11.8 Å². The Balaban J connectivity index is 1.71. The fourth-order valence-electron chi connectivity index (χ4n) is 3.17. The molecule has 0 unspecified atom stereocenters. The molecule has 0 radical (unpaired) electrons. The number of ether oxygens (including phenoxy) is 1. The van der Waals surface area contributed by atoms with Crippen molar-refractivity contribution in [3.63, 3.8) is 0 Å². The Morgan fingerprint density at radius 1 is 1.14 bits per heavy atom. The Bertz CT molecular complexity index is 1260. The van der Waals surface area contributed by atoms with Gasteiger partial charge >= 0.3 is 5.63 Å². The lowest BCUT2D eigenvalue weighted by Crippen LogP contribution is -2.04. The maximum absolute atomic E-state index is 12.1. The van der Waals surface area contributed by atoms with Crippen molar-refractivity contribution in [2.45, 2.75) is 31.7 Å². The molecule has 148 valence electrons. The third kappa shape index (κ3) is 3.63. The Labute approximate surface area is 171 Å². The number of methoxy groups -OCH3 is 1. The van der Waals surface area contributed by atoms with E-state index in [0.717, 1.165) is 33.3 Å². The van der Waals surface area contributed by atoms with Crippen LogP contribution in [0.1, 0.15) is 22.3 Å². The normalized spacial score (nSPS) is 11.2. The van der Waals surface area contributed by atoms with Crippen LogP contribution in [0.3, 0.4) is 0 Å². The first kappa shape index (κ1) is 19.2. The number of nitrogens with zero attached hydrogens (tertiary/aromatic N) is 4. The zero-order chi connectivity index (χ0) is 20.5. The molecule has 4 rings (SSSR count). The molecule has 0 spiro atoms. The average Bonchev–Trinajstić information content (AvgIpc) is 3.17. The first-order valence-corrected chi connectivity index (χ1v) is 10.1. The van der Waals surface area contributed by atoms with E-state index in [2.05, 4.69) is 15.5 Å². The second-order valence-electron chi connectivity index (χ2n) is 6.81. The Hall–Kier alpha value is -3.13. The van der Waals surface area contributed by atoms with Gasteiger partial charge in [-0.3, -0.25) is 0 Å². The summed E-state index contributed by atoms with van der Waals surface area (Å²) in [5.41, 5.74) is 5.06. The van der Waals surface area contributed by atoms with Gasteiger partial charge in [0.15, 0.2) is 0 Å². The number of aryl methyl sites for hydroxylation is 3. The predicted octanol–water partition coefficient (Wildman–Crippen LogP) is 3.99. The third-order valence-corrected chi connectivity index (χ3v) is 5.85. The van der Waals surface area contributed by atoms with Crippen LogP contribution < -0.4 is 10.4 Å². The molecule has 0 aliphatic carbocycles. The van der Waals surface area contributed by atoms with Gasteiger partial charge in [-0.2, -0.15) is 4.68 Å². The van der Waals surface area contributed by atoms with E-state index in [1.54, 1.807) is 11.8 Å². The van der Waals surface area contributed by atoms with E-state index >= 15 is 0 Å². The molecule has 4 aromatic rings. The van der Waals surface area contributed by atoms with Crippen LogP contribution in [0.4, 0.5) is 0 Å². The monoisotopic (exact) mass is 408 g/mol. The zero-order valence-corrected chi connectivity index (χ0v) is 17.4. The number of hydrogen-bond donors (Lipinski definition) is 0. The molecule has 0 bridgehead atoms. The number of thioether (sulfide) groups is 1. The van der Waals surface area contributed by atoms with Gasteiger partial charge in [0.25, 0.3) is 0 Å². The van der Waals surface area contributed by atoms with Crippen molar-refractivity contribution in [2.75, 3.05) is 7.11 Å². The Morgan fingerprint density at radius 2 is 1.97 bits per heavy atom. The molecular weight excluding hydrogens is 388 g/mol. The standard InChI is InChI=1S/C21H20N4O3S/c1-12-5-8-18(27-4)17(9-12)25-21(22-23-24-25)29-11-15-10-19(26)28-20-14(3)13(2)6-7-16(15)20/h5-10H,11H2,1-4H3. The van der Waals surface area contributed by atoms with Gasteiger partial charge in [0.2, 0.25) is 5.16 Å². The van der Waals surface area contributed by atoms with Crippen molar-refractivity contribution < 1.29 is 9.15 Å². The lowest BCUT2D eigenvalue weighted by atomic mass is 10.0. The van der Waals surface area contributed by atoms with E-state index in [1.165, 1.54) is 17.8 Å². The van der Waals surface area contributed by atoms with Gasteiger partial charge < -0.3 is 9.15 Å². The minimum absolute atomic E-state index is 0.359. The van der Waals surface area contributed by atoms with E-state index in [-0.39, 0.29) is 5.63 Å². The van der Waals surface area contributed by atoms with Crippen LogP contribution in [0.15, 0.2) is 50.8 Å². The number of hydrogen-bond acceptors (Lipinski definition) is 7. The van der Waals surface area contributed by atoms with Crippen LogP contribution in [0.5, 0.6) is 5.75 Å². The van der Waals surface area contributed by atoms with E-state index in [1.807, 2.05) is 51.1 Å². The highest BCUT2D eigenvalue weighted by molar-refractivity contribution is 7.98. The number of rotatable bonds is 5. The van der Waals surface area contributed by atoms with Crippen LogP contribution in [-0.2, 0) is 5.75 Å². The maximum atomic E-state index is 12.1. The predicted molar refractivity (Wildman–Crippen MR) is 112 cm³/mol. The molecule has 7 nitrogen and oxygen atoms in total. The molecule has 0 aliphatic rings. The molecule has 8 heteroatoms. The highest BCUT2D eigenvalue weighted by Crippen LogP contribution is 2.30. The highest BCUT2D eigenvalue weighted by Gasteiger charge is 2.16. The van der Waals surface area contributed by atoms with Crippen molar-refractivity contribution in [3.8, 4) is 11.4 Å². The smallest absolute Gasteiger partial charge is 0.336 e. The molecule has 0 saturated carbocycles. The molecular formula is C21H20N4O3S. The van der Waals surface area contributed by atoms with Crippen LogP contribution in [0, 0.1) is 20.8 Å². The van der Waals surface area contributed by atoms with E-state index < -0.39 is 0 Å². The van der Waals surface area contributed by atoms with Gasteiger partial charge in [-0.15, -0.1) is 5.10 Å². The topological polar surface area (TPSA) is 83.0 Å². The van der Waals surface area contributed by atoms with E-state index in [9.17, 15) is 4.79 Å². The number of fused-ring (bicyclic) bond motifs is 1. The van der Waals surface area contributed by atoms with Gasteiger partial charge in [-0.1, -0.05) is 30.0 Å². The summed E-state index contributed by atoms with van der Waals surface area (Å²) in [6, 6.07) is 11.4. The summed E-state index contributed by atoms with van der Waals surface area (Å²) in [4.78, 5) is 12.1. The summed E-state index contributed by atoms with van der Waals surface area (Å²) in [6.45, 7) is 5.96. The van der Waals surface area contributed by atoms with Crippen molar-refractivity contribution in [2.24, 2.45) is 0 Å². The van der Waals surface area contributed by atoms with Crippen LogP contribution in [0.25, 0.3) is 16.7 Å². The third-order valence-electron chi connectivity index (χ3n) is 4.88. The first-order valence-electron chi connectivity index (χ1n) is 9.07. The van der Waals surface area contributed by atoms with Crippen molar-refractivity contribution in [3.05, 3.63) is 69.1 Å². The van der Waals surface area contributed by atoms with Crippen LogP contribution in [-0.4, -0.2) is 27.3 Å². The maximum Gasteiger partial charge on any atom is 0.336 e. The van der Waals surface area contributed by atoms with E-state index in [0.29, 0.717) is 22.2 Å². The van der Waals surface area contributed by atoms with Gasteiger partial charge in [-0.05, 0) is 65.6 Å². The van der Waals surface area contributed by atoms with Crippen LogP contribution in [0.2, 0.25) is 0 Å². The van der Waals surface area contributed by atoms with Gasteiger partial charge in [0.05, 0.1) is 7.11 Å². The summed E-state index contributed by atoms with van der Waals surface area (Å²) < 4.78 is 12.6. The molecule has 0 amide bonds. The highest BCUT2D eigenvalue weighted by atomic mass is 32.2. The molecule has 2 aromatic heterocycles. The zero-order valence-electron chi connectivity index (χ0n) is 16.6. The molecule has 2 aromatic carbocycles. The first-order chi connectivity index (χ1) is 14.0. The second-order valence-corrected chi connectivity index (χ2v) is 7.75. The second kappa shape index (κ2) is 7.71. The van der Waals surface area contributed by atoms with E-state index in [4.69, 9.17) is 9.15 Å². The Morgan fingerprint density at radius 3 is 2.76 bits per heavy atom. The number of benzene rings is 2. The largest absolute Gasteiger partial charge is 0.494 e. The molecule has 2 heterocycles. The molecule has 29 heavy (non-hydrogen) atoms. The quantitative estimate of drug-likeness (QED) is 0.365. The minimum atomic E-state index is -0.359. The SMILES string of the molecule is COc1ccc(C)cc1-n1nnnc1SCc1cc(=O)oc2c(C)c(C)ccc12. The fourth-order valence-corrected chi connectivity index (χ4v) is 4.05. The summed E-state index contributed by atoms with van der Waals surface area (Å²) in [5.74, 6) is 1.21. The van der Waals surface area contributed by atoms with Crippen molar-refractivity contribution in [1.29, 1.82) is 0 Å². The molecule has 0 atom stereocenters. The average molecular weight is 408 g/mol. The summed E-state index contributed by atoms with van der Waals surface area (Å²) in [7, 11) is 1.62. The lowest BCUT2D eigenvalue weighted by Gasteiger charge is -2.11. The molecule has 0 saturated heterocycles. The van der Waals surface area contributed by atoms with Crippen molar-refractivity contribution in [1.82, 2.24) is 20.2 Å². The number of aromatic nitrogens is 4. The fraction of sp³-hybridized carbons (Fsp3) is 0.238. The Kier molecular flexibility index (Phi) is 5.10.